The number of rotatable bonds is 8. The van der Waals surface area contributed by atoms with Gasteiger partial charge in [0, 0.05) is 29.5 Å². The number of carbonyl (C=O) groups is 2. The molecule has 0 N–H and O–H groups in total. The molecule has 41 heavy (non-hydrogen) atoms. The molecule has 210 valence electrons. The molecular weight excluding hydrogens is 516 g/mol. The fourth-order valence-corrected chi connectivity index (χ4v) is 5.09. The average molecular weight is 551 g/mol. The van der Waals surface area contributed by atoms with E-state index in [1.807, 2.05) is 67.7 Å². The van der Waals surface area contributed by atoms with Crippen LogP contribution in [0.1, 0.15) is 44.7 Å². The SMILES string of the molecule is CC1=C(C#N)C(=O)N(CC2CCCO2)C(=O)/C1=C/c1cn(-c2ccccc2)nc1-c1ccc(OCC(C)C)c(C)c1. The molecule has 3 heterocycles. The van der Waals surface area contributed by atoms with Crippen LogP contribution in [0.25, 0.3) is 23.0 Å². The van der Waals surface area contributed by atoms with Crippen molar-refractivity contribution in [2.75, 3.05) is 19.8 Å². The highest BCUT2D eigenvalue weighted by Gasteiger charge is 2.37. The second-order valence-corrected chi connectivity index (χ2v) is 10.9. The summed E-state index contributed by atoms with van der Waals surface area (Å²) in [5.41, 5.74) is 4.67. The van der Waals surface area contributed by atoms with Crippen molar-refractivity contribution in [3.8, 4) is 28.8 Å². The van der Waals surface area contributed by atoms with Gasteiger partial charge in [-0.2, -0.15) is 10.4 Å². The Bertz CT molecular complexity index is 1570. The van der Waals surface area contributed by atoms with Gasteiger partial charge in [-0.15, -0.1) is 0 Å². The van der Waals surface area contributed by atoms with Crippen molar-refractivity contribution < 1.29 is 19.1 Å². The van der Waals surface area contributed by atoms with Crippen molar-refractivity contribution in [3.05, 3.63) is 82.6 Å². The third-order valence-corrected chi connectivity index (χ3v) is 7.32. The molecule has 2 amide bonds. The van der Waals surface area contributed by atoms with Gasteiger partial charge in [0.1, 0.15) is 17.4 Å². The molecule has 5 rings (SSSR count). The number of hydrogen-bond acceptors (Lipinski definition) is 6. The Morgan fingerprint density at radius 2 is 1.93 bits per heavy atom. The number of imide groups is 1. The van der Waals surface area contributed by atoms with E-state index in [1.54, 1.807) is 17.7 Å². The zero-order valence-corrected chi connectivity index (χ0v) is 23.9. The topological polar surface area (TPSA) is 97.5 Å². The van der Waals surface area contributed by atoms with Gasteiger partial charge in [0.15, 0.2) is 0 Å². The van der Waals surface area contributed by atoms with E-state index in [-0.39, 0.29) is 18.2 Å². The van der Waals surface area contributed by atoms with Crippen molar-refractivity contribution in [1.29, 1.82) is 5.26 Å². The lowest BCUT2D eigenvalue weighted by Gasteiger charge is -2.29. The second kappa shape index (κ2) is 11.9. The van der Waals surface area contributed by atoms with E-state index in [9.17, 15) is 14.9 Å². The maximum atomic E-state index is 13.7. The lowest BCUT2D eigenvalue weighted by molar-refractivity contribution is -0.142. The Hall–Kier alpha value is -4.48. The number of para-hydroxylation sites is 1. The highest BCUT2D eigenvalue weighted by atomic mass is 16.5. The fraction of sp³-hybridized carbons (Fsp3) is 0.333. The summed E-state index contributed by atoms with van der Waals surface area (Å²) in [4.78, 5) is 28.0. The summed E-state index contributed by atoms with van der Waals surface area (Å²) in [6, 6.07) is 17.7. The first kappa shape index (κ1) is 28.1. The Morgan fingerprint density at radius 1 is 1.15 bits per heavy atom. The monoisotopic (exact) mass is 550 g/mol. The Labute approximate surface area is 240 Å². The van der Waals surface area contributed by atoms with Crippen LogP contribution < -0.4 is 4.74 Å². The molecule has 2 aliphatic rings. The summed E-state index contributed by atoms with van der Waals surface area (Å²) in [7, 11) is 0. The largest absolute Gasteiger partial charge is 0.493 e. The average Bonchev–Trinajstić information content (AvgIpc) is 3.64. The molecule has 1 aromatic heterocycles. The molecule has 0 aliphatic carbocycles. The van der Waals surface area contributed by atoms with Gasteiger partial charge in [-0.1, -0.05) is 32.0 Å². The van der Waals surface area contributed by atoms with Crippen LogP contribution >= 0.6 is 0 Å². The zero-order valence-electron chi connectivity index (χ0n) is 23.9. The van der Waals surface area contributed by atoms with Crippen LogP contribution in [-0.4, -0.2) is 52.4 Å². The molecule has 2 aromatic carbocycles. The maximum absolute atomic E-state index is 13.7. The van der Waals surface area contributed by atoms with Crippen LogP contribution in [0.5, 0.6) is 5.75 Å². The van der Waals surface area contributed by atoms with E-state index < -0.39 is 11.8 Å². The number of hydrogen-bond donors (Lipinski definition) is 0. The summed E-state index contributed by atoms with van der Waals surface area (Å²) in [5, 5.41) is 14.8. The summed E-state index contributed by atoms with van der Waals surface area (Å²) >= 11 is 0. The second-order valence-electron chi connectivity index (χ2n) is 10.9. The van der Waals surface area contributed by atoms with Gasteiger partial charge >= 0.3 is 0 Å². The van der Waals surface area contributed by atoms with Crippen LogP contribution in [0.3, 0.4) is 0 Å². The smallest absolute Gasteiger partial charge is 0.271 e. The number of aromatic nitrogens is 2. The molecule has 8 nitrogen and oxygen atoms in total. The van der Waals surface area contributed by atoms with Crippen LogP contribution in [0.15, 0.2) is 71.4 Å². The summed E-state index contributed by atoms with van der Waals surface area (Å²) < 4.78 is 13.4. The highest BCUT2D eigenvalue weighted by molar-refractivity contribution is 6.19. The van der Waals surface area contributed by atoms with Gasteiger partial charge in [0.25, 0.3) is 11.8 Å². The molecular formula is C33H34N4O4. The molecule has 1 atom stereocenters. The fourth-order valence-electron chi connectivity index (χ4n) is 5.09. The standard InChI is InChI=1S/C33H34N4O4/c1-21(2)20-41-30-13-12-24(15-22(30)3)31-25(18-37(35-31)26-9-6-5-7-10-26)16-28-23(4)29(17-34)33(39)36(32(28)38)19-27-11-8-14-40-27/h5-7,9-10,12-13,15-16,18,21,27H,8,11,14,19-20H2,1-4H3/b28-16+. The molecule has 1 unspecified atom stereocenters. The van der Waals surface area contributed by atoms with E-state index >= 15 is 0 Å². The number of nitrogens with zero attached hydrogens (tertiary/aromatic N) is 4. The van der Waals surface area contributed by atoms with E-state index in [0.29, 0.717) is 41.5 Å². The van der Waals surface area contributed by atoms with E-state index in [2.05, 4.69) is 13.8 Å². The van der Waals surface area contributed by atoms with Crippen molar-refractivity contribution in [1.82, 2.24) is 14.7 Å². The molecule has 1 saturated heterocycles. The minimum atomic E-state index is -0.574. The molecule has 2 aliphatic heterocycles. The van der Waals surface area contributed by atoms with Gasteiger partial charge in [0.05, 0.1) is 30.6 Å². The number of carbonyl (C=O) groups excluding carboxylic acids is 2. The minimum Gasteiger partial charge on any atom is -0.493 e. The van der Waals surface area contributed by atoms with Crippen LogP contribution in [0.4, 0.5) is 0 Å². The predicted molar refractivity (Wildman–Crippen MR) is 156 cm³/mol. The van der Waals surface area contributed by atoms with Gasteiger partial charge < -0.3 is 9.47 Å². The quantitative estimate of drug-likeness (QED) is 0.265. The van der Waals surface area contributed by atoms with E-state index in [0.717, 1.165) is 40.3 Å². The van der Waals surface area contributed by atoms with Gasteiger partial charge in [-0.25, -0.2) is 4.68 Å². The van der Waals surface area contributed by atoms with Crippen molar-refractivity contribution >= 4 is 17.9 Å². The summed E-state index contributed by atoms with van der Waals surface area (Å²) in [5.74, 6) is 0.209. The van der Waals surface area contributed by atoms with Crippen LogP contribution in [0.2, 0.25) is 0 Å². The molecule has 0 spiro atoms. The lowest BCUT2D eigenvalue weighted by atomic mass is 9.93. The van der Waals surface area contributed by atoms with Crippen molar-refractivity contribution in [3.63, 3.8) is 0 Å². The Morgan fingerprint density at radius 3 is 2.59 bits per heavy atom. The van der Waals surface area contributed by atoms with Gasteiger partial charge in [-0.3, -0.25) is 14.5 Å². The first-order valence-corrected chi connectivity index (χ1v) is 14.0. The summed E-state index contributed by atoms with van der Waals surface area (Å²) in [6.45, 7) is 9.21. The zero-order chi connectivity index (χ0) is 29.1. The number of nitriles is 1. The van der Waals surface area contributed by atoms with Crippen molar-refractivity contribution in [2.24, 2.45) is 5.92 Å². The molecule has 1 fully saturated rings. The molecule has 0 radical (unpaired) electrons. The normalized spacial score (nSPS) is 18.5. The number of aryl methyl sites for hydroxylation is 1. The third kappa shape index (κ3) is 5.86. The van der Waals surface area contributed by atoms with Crippen LogP contribution in [0, 0.1) is 24.2 Å². The first-order chi connectivity index (χ1) is 19.8. The number of amides is 2. The molecule has 3 aromatic rings. The third-order valence-electron chi connectivity index (χ3n) is 7.32. The summed E-state index contributed by atoms with van der Waals surface area (Å²) in [6.07, 6.45) is 5.03. The van der Waals surface area contributed by atoms with Gasteiger partial charge in [-0.05, 0) is 80.2 Å². The van der Waals surface area contributed by atoms with E-state index in [4.69, 9.17) is 14.6 Å². The van der Waals surface area contributed by atoms with Crippen molar-refractivity contribution in [2.45, 2.75) is 46.6 Å². The predicted octanol–water partition coefficient (Wildman–Crippen LogP) is 5.65. The van der Waals surface area contributed by atoms with E-state index in [1.165, 1.54) is 0 Å². The van der Waals surface area contributed by atoms with Gasteiger partial charge in [0.2, 0.25) is 0 Å². The molecule has 8 heteroatoms. The minimum absolute atomic E-state index is 0.0339. The number of ether oxygens (including phenoxy) is 2. The number of benzene rings is 2. The first-order valence-electron chi connectivity index (χ1n) is 14.0. The Kier molecular flexibility index (Phi) is 8.18. The molecule has 0 bridgehead atoms. The van der Waals surface area contributed by atoms with Crippen LogP contribution in [-0.2, 0) is 14.3 Å². The lowest BCUT2D eigenvalue weighted by Crippen LogP contribution is -2.46. The highest BCUT2D eigenvalue weighted by Crippen LogP contribution is 2.33. The Balaban J connectivity index is 1.60. The maximum Gasteiger partial charge on any atom is 0.271 e. The molecule has 0 saturated carbocycles.